The summed E-state index contributed by atoms with van der Waals surface area (Å²) in [6.45, 7) is -0.315. The van der Waals surface area contributed by atoms with Gasteiger partial charge in [-0.1, -0.05) is 6.07 Å². The molecular weight excluding hydrogens is 405 g/mol. The van der Waals surface area contributed by atoms with Gasteiger partial charge in [0.05, 0.1) is 19.3 Å². The first-order chi connectivity index (χ1) is 14.3. The molecule has 1 aromatic carbocycles. The van der Waals surface area contributed by atoms with E-state index in [1.54, 1.807) is 19.2 Å². The number of ether oxygens (including phenoxy) is 1. The first-order valence-corrected chi connectivity index (χ1v) is 8.78. The van der Waals surface area contributed by atoms with Crippen LogP contribution < -0.4 is 4.90 Å². The van der Waals surface area contributed by atoms with Crippen molar-refractivity contribution in [3.63, 3.8) is 0 Å². The van der Waals surface area contributed by atoms with Gasteiger partial charge in [-0.2, -0.15) is 4.80 Å². The Morgan fingerprint density at radius 2 is 2.07 bits per heavy atom. The van der Waals surface area contributed by atoms with E-state index in [0.717, 1.165) is 11.0 Å². The van der Waals surface area contributed by atoms with Gasteiger partial charge in [0.2, 0.25) is 5.82 Å². The maximum atomic E-state index is 14.7. The number of anilines is 1. The van der Waals surface area contributed by atoms with Crippen LogP contribution in [-0.4, -0.2) is 61.6 Å². The van der Waals surface area contributed by atoms with Crippen LogP contribution in [0.4, 0.5) is 23.7 Å². The number of nitrogens with zero attached hydrogens (tertiary/aromatic N) is 6. The highest BCUT2D eigenvalue weighted by atomic mass is 19.3. The van der Waals surface area contributed by atoms with Crippen LogP contribution >= 0.6 is 0 Å². The predicted molar refractivity (Wildman–Crippen MR) is 97.0 cm³/mol. The number of aryl methyl sites for hydroxylation is 1. The van der Waals surface area contributed by atoms with E-state index in [0.29, 0.717) is 17.1 Å². The van der Waals surface area contributed by atoms with Crippen molar-refractivity contribution in [1.82, 2.24) is 25.2 Å². The third kappa shape index (κ3) is 3.68. The Balaban J connectivity index is 1.54. The highest BCUT2D eigenvalue weighted by molar-refractivity contribution is 5.90. The summed E-state index contributed by atoms with van der Waals surface area (Å²) in [6.07, 6.45) is -6.06. The predicted octanol–water partition coefficient (Wildman–Crippen LogP) is 2.03. The number of cyclic esters (lactones) is 1. The number of halogens is 3. The molecule has 4 rings (SSSR count). The molecule has 2 aromatic heterocycles. The summed E-state index contributed by atoms with van der Waals surface area (Å²) in [4.78, 5) is 18.4. The number of hydrogen-bond acceptors (Lipinski definition) is 7. The number of benzene rings is 1. The van der Waals surface area contributed by atoms with Gasteiger partial charge in [-0.25, -0.2) is 18.0 Å². The minimum Gasteiger partial charge on any atom is -0.441 e. The first-order valence-electron chi connectivity index (χ1n) is 8.78. The van der Waals surface area contributed by atoms with Gasteiger partial charge in [-0.15, -0.1) is 10.2 Å². The van der Waals surface area contributed by atoms with Gasteiger partial charge in [-0.3, -0.25) is 9.88 Å². The van der Waals surface area contributed by atoms with Crippen molar-refractivity contribution >= 4 is 11.8 Å². The van der Waals surface area contributed by atoms with E-state index in [1.165, 1.54) is 23.1 Å². The molecule has 1 saturated heterocycles. The van der Waals surface area contributed by atoms with Crippen LogP contribution in [0.3, 0.4) is 0 Å². The Bertz CT molecular complexity index is 1080. The molecule has 1 aliphatic heterocycles. The lowest BCUT2D eigenvalue weighted by atomic mass is 10.1. The summed E-state index contributed by atoms with van der Waals surface area (Å²) < 4.78 is 44.8. The normalized spacial score (nSPS) is 17.5. The van der Waals surface area contributed by atoms with Gasteiger partial charge in [0.25, 0.3) is 6.43 Å². The average Bonchev–Trinajstić information content (AvgIpc) is 3.33. The number of aromatic nitrogens is 5. The smallest absolute Gasteiger partial charge is 0.414 e. The van der Waals surface area contributed by atoms with E-state index in [4.69, 9.17) is 4.74 Å². The van der Waals surface area contributed by atoms with Crippen LogP contribution in [-0.2, 0) is 11.8 Å². The summed E-state index contributed by atoms with van der Waals surface area (Å²) in [5, 5.41) is 21.0. The van der Waals surface area contributed by atoms with E-state index in [1.807, 2.05) is 0 Å². The van der Waals surface area contributed by atoms with E-state index in [9.17, 15) is 23.1 Å². The quantitative estimate of drug-likeness (QED) is 0.673. The van der Waals surface area contributed by atoms with Gasteiger partial charge >= 0.3 is 6.09 Å². The summed E-state index contributed by atoms with van der Waals surface area (Å²) in [6, 6.07) is 7.23. The molecule has 30 heavy (non-hydrogen) atoms. The molecule has 0 aliphatic carbocycles. The SMILES string of the molecule is Cn1nnc(-c2ccc(-c3ccc(N4C[C@@H]([C@H](O)C(F)F)OC4=O)cc3F)cn2)n1. The zero-order valence-corrected chi connectivity index (χ0v) is 15.5. The van der Waals surface area contributed by atoms with Crippen LogP contribution in [0.25, 0.3) is 22.6 Å². The highest BCUT2D eigenvalue weighted by Gasteiger charge is 2.40. The number of aliphatic hydroxyl groups excluding tert-OH is 1. The van der Waals surface area contributed by atoms with Crippen LogP contribution in [0.15, 0.2) is 36.5 Å². The van der Waals surface area contributed by atoms with E-state index in [2.05, 4.69) is 20.4 Å². The fourth-order valence-corrected chi connectivity index (χ4v) is 3.01. The highest BCUT2D eigenvalue weighted by Crippen LogP contribution is 2.30. The van der Waals surface area contributed by atoms with E-state index < -0.39 is 30.5 Å². The molecule has 156 valence electrons. The second-order valence-electron chi connectivity index (χ2n) is 6.56. The minimum absolute atomic E-state index is 0.124. The van der Waals surface area contributed by atoms with Crippen molar-refractivity contribution < 1.29 is 27.8 Å². The number of aliphatic hydroxyl groups is 1. The van der Waals surface area contributed by atoms with Crippen molar-refractivity contribution in [3.05, 3.63) is 42.3 Å². The number of carbonyl (C=O) groups is 1. The zero-order valence-electron chi connectivity index (χ0n) is 15.5. The molecule has 1 amide bonds. The second-order valence-corrected chi connectivity index (χ2v) is 6.56. The lowest BCUT2D eigenvalue weighted by Crippen LogP contribution is -2.36. The Morgan fingerprint density at radius 3 is 2.67 bits per heavy atom. The first kappa shape index (κ1) is 19.8. The lowest BCUT2D eigenvalue weighted by molar-refractivity contribution is -0.0641. The van der Waals surface area contributed by atoms with E-state index in [-0.39, 0.29) is 17.8 Å². The van der Waals surface area contributed by atoms with Crippen molar-refractivity contribution in [3.8, 4) is 22.6 Å². The molecule has 1 aliphatic rings. The summed E-state index contributed by atoms with van der Waals surface area (Å²) in [5.41, 5.74) is 1.29. The third-order valence-electron chi connectivity index (χ3n) is 4.55. The number of alkyl halides is 2. The summed E-state index contributed by atoms with van der Waals surface area (Å²) in [7, 11) is 1.62. The number of amides is 1. The Hall–Kier alpha value is -3.54. The number of pyridine rings is 1. The van der Waals surface area contributed by atoms with Crippen LogP contribution in [0.2, 0.25) is 0 Å². The van der Waals surface area contributed by atoms with Crippen molar-refractivity contribution in [1.29, 1.82) is 0 Å². The largest absolute Gasteiger partial charge is 0.441 e. The van der Waals surface area contributed by atoms with Gasteiger partial charge in [-0.05, 0) is 29.5 Å². The maximum Gasteiger partial charge on any atom is 0.414 e. The molecule has 0 radical (unpaired) electrons. The van der Waals surface area contributed by atoms with Crippen LogP contribution in [0.5, 0.6) is 0 Å². The molecule has 0 unspecified atom stereocenters. The number of hydrogen-bond donors (Lipinski definition) is 1. The topological polar surface area (TPSA) is 106 Å². The molecule has 12 heteroatoms. The maximum absolute atomic E-state index is 14.7. The minimum atomic E-state index is -3.06. The van der Waals surface area contributed by atoms with Crippen molar-refractivity contribution in [2.45, 2.75) is 18.6 Å². The van der Waals surface area contributed by atoms with Crippen LogP contribution in [0, 0.1) is 5.82 Å². The van der Waals surface area contributed by atoms with Gasteiger partial charge in [0.15, 0.2) is 12.2 Å². The van der Waals surface area contributed by atoms with Gasteiger partial charge in [0, 0.05) is 17.3 Å². The molecule has 0 spiro atoms. The fourth-order valence-electron chi connectivity index (χ4n) is 3.01. The molecule has 9 nitrogen and oxygen atoms in total. The molecule has 1 N–H and O–H groups in total. The van der Waals surface area contributed by atoms with Crippen molar-refractivity contribution in [2.24, 2.45) is 7.05 Å². The third-order valence-corrected chi connectivity index (χ3v) is 4.55. The van der Waals surface area contributed by atoms with Gasteiger partial charge < -0.3 is 9.84 Å². The van der Waals surface area contributed by atoms with Crippen molar-refractivity contribution in [2.75, 3.05) is 11.4 Å². The Labute approximate surface area is 167 Å². The Kier molecular flexibility index (Phi) is 5.08. The summed E-state index contributed by atoms with van der Waals surface area (Å²) >= 11 is 0. The Morgan fingerprint density at radius 1 is 1.27 bits per heavy atom. The molecule has 3 heterocycles. The molecule has 3 aromatic rings. The lowest BCUT2D eigenvalue weighted by Gasteiger charge is -2.16. The second kappa shape index (κ2) is 7.71. The zero-order chi connectivity index (χ0) is 21.4. The molecule has 0 saturated carbocycles. The number of rotatable bonds is 5. The number of carbonyl (C=O) groups excluding carboxylic acids is 1. The molecule has 0 bridgehead atoms. The molecule has 2 atom stereocenters. The molecular formula is C18H15F3N6O3. The van der Waals surface area contributed by atoms with Gasteiger partial charge in [0.1, 0.15) is 11.5 Å². The summed E-state index contributed by atoms with van der Waals surface area (Å²) in [5.74, 6) is -0.321. The average molecular weight is 420 g/mol. The fraction of sp³-hybridized carbons (Fsp3) is 0.278. The number of tetrazole rings is 1. The molecule has 1 fully saturated rings. The monoisotopic (exact) mass is 420 g/mol. The van der Waals surface area contributed by atoms with Crippen LogP contribution in [0.1, 0.15) is 0 Å². The van der Waals surface area contributed by atoms with E-state index >= 15 is 0 Å². The standard InChI is InChI=1S/C18H15F3N6O3/c1-26-24-17(23-25-26)13-5-2-9(7-22-13)11-4-3-10(6-12(11)19)27-8-14(30-18(27)29)15(28)16(20)21/h2-7,14-16,28H,8H2,1H3/t14-,15-/m0/s1.